The van der Waals surface area contributed by atoms with E-state index in [9.17, 15) is 4.79 Å². The Kier molecular flexibility index (Phi) is 2.63. The van der Waals surface area contributed by atoms with Crippen molar-refractivity contribution in [2.24, 2.45) is 0 Å². The molecule has 1 fully saturated rings. The average Bonchev–Trinajstić information content (AvgIpc) is 2.64. The number of likely N-dealkylation sites (tertiary alicyclic amines) is 1. The number of carbonyl (C=O) groups excluding carboxylic acids is 1. The normalized spacial score (nSPS) is 22.3. The molecule has 0 N–H and O–H groups in total. The Bertz CT molecular complexity index is 476. The summed E-state index contributed by atoms with van der Waals surface area (Å²) in [6.45, 7) is 6.35. The average molecular weight is 246 g/mol. The monoisotopic (exact) mass is 246 g/mol. The molecule has 1 saturated heterocycles. The number of hydrogen-bond donors (Lipinski definition) is 0. The summed E-state index contributed by atoms with van der Waals surface area (Å²) < 4.78 is 5.66. The molecule has 0 unspecified atom stereocenters. The highest BCUT2D eigenvalue weighted by molar-refractivity contribution is 5.92. The van der Waals surface area contributed by atoms with Crippen LogP contribution in [0.4, 0.5) is 0 Å². The molecule has 0 atom stereocenters. The van der Waals surface area contributed by atoms with Crippen LogP contribution in [-0.4, -0.2) is 35.0 Å². The van der Waals surface area contributed by atoms with E-state index in [1.54, 1.807) is 6.20 Å². The van der Waals surface area contributed by atoms with E-state index in [4.69, 9.17) is 4.74 Å². The largest absolute Gasteiger partial charge is 0.449 e. The zero-order valence-corrected chi connectivity index (χ0v) is 10.8. The lowest BCUT2D eigenvalue weighted by Crippen LogP contribution is -2.45. The summed E-state index contributed by atoms with van der Waals surface area (Å²) in [6.07, 6.45) is 3.40. The van der Waals surface area contributed by atoms with Crippen molar-refractivity contribution in [1.29, 1.82) is 0 Å². The second-order valence-corrected chi connectivity index (χ2v) is 5.41. The summed E-state index contributed by atoms with van der Waals surface area (Å²) in [5, 5.41) is 0. The fourth-order valence-electron chi connectivity index (χ4n) is 2.99. The van der Waals surface area contributed by atoms with E-state index in [2.05, 4.69) is 23.7 Å². The molecule has 2 aliphatic heterocycles. The number of piperidine rings is 1. The summed E-state index contributed by atoms with van der Waals surface area (Å²) in [6, 6.07) is 4.42. The van der Waals surface area contributed by atoms with E-state index in [-0.39, 0.29) is 5.97 Å². The first-order valence-electron chi connectivity index (χ1n) is 6.55. The Balaban J connectivity index is 1.89. The molecule has 0 aromatic carbocycles. The first kappa shape index (κ1) is 11.7. The van der Waals surface area contributed by atoms with Gasteiger partial charge in [0.1, 0.15) is 5.60 Å². The van der Waals surface area contributed by atoms with Crippen molar-refractivity contribution in [3.63, 3.8) is 0 Å². The van der Waals surface area contributed by atoms with Gasteiger partial charge >= 0.3 is 5.97 Å². The predicted molar refractivity (Wildman–Crippen MR) is 67.3 cm³/mol. The smallest absolute Gasteiger partial charge is 0.358 e. The fraction of sp³-hybridized carbons (Fsp3) is 0.571. The van der Waals surface area contributed by atoms with E-state index in [1.165, 1.54) is 0 Å². The number of rotatable bonds is 1. The van der Waals surface area contributed by atoms with Crippen LogP contribution in [0, 0.1) is 0 Å². The third-order valence-electron chi connectivity index (χ3n) is 4.12. The van der Waals surface area contributed by atoms with Crippen molar-refractivity contribution in [3.8, 4) is 0 Å². The van der Waals surface area contributed by atoms with Gasteiger partial charge in [0.05, 0.1) is 0 Å². The summed E-state index contributed by atoms with van der Waals surface area (Å²) in [4.78, 5) is 18.4. The molecule has 2 aliphatic rings. The summed E-state index contributed by atoms with van der Waals surface area (Å²) in [7, 11) is 0. The molecule has 3 rings (SSSR count). The maximum atomic E-state index is 11.9. The van der Waals surface area contributed by atoms with E-state index in [1.807, 2.05) is 12.1 Å². The second-order valence-electron chi connectivity index (χ2n) is 5.41. The number of hydrogen-bond acceptors (Lipinski definition) is 4. The minimum atomic E-state index is -0.411. The quantitative estimate of drug-likeness (QED) is 0.710. The molecular weight excluding hydrogens is 228 g/mol. The van der Waals surface area contributed by atoms with Gasteiger partial charge in [-0.15, -0.1) is 0 Å². The number of ether oxygens (including phenoxy) is 1. The van der Waals surface area contributed by atoms with Crippen molar-refractivity contribution in [2.75, 3.05) is 13.1 Å². The molecule has 1 aromatic rings. The Morgan fingerprint density at radius 3 is 2.78 bits per heavy atom. The van der Waals surface area contributed by atoms with Crippen molar-refractivity contribution >= 4 is 5.97 Å². The number of fused-ring (bicyclic) bond motifs is 2. The SMILES string of the molecule is CC(C)N1CCC2(CC1)OC(=O)c1ncccc12. The van der Waals surface area contributed by atoms with E-state index in [0.717, 1.165) is 31.5 Å². The lowest BCUT2D eigenvalue weighted by Gasteiger charge is -2.40. The van der Waals surface area contributed by atoms with Crippen LogP contribution in [0.15, 0.2) is 18.3 Å². The number of aromatic nitrogens is 1. The summed E-state index contributed by atoms with van der Waals surface area (Å²) >= 11 is 0. The number of esters is 1. The molecule has 4 nitrogen and oxygen atoms in total. The van der Waals surface area contributed by atoms with Crippen molar-refractivity contribution in [3.05, 3.63) is 29.6 Å². The van der Waals surface area contributed by atoms with Crippen molar-refractivity contribution in [1.82, 2.24) is 9.88 Å². The summed E-state index contributed by atoms with van der Waals surface area (Å²) in [5.74, 6) is -0.261. The highest BCUT2D eigenvalue weighted by Crippen LogP contribution is 2.43. The molecule has 0 aliphatic carbocycles. The lowest BCUT2D eigenvalue weighted by atomic mass is 9.84. The third-order valence-corrected chi connectivity index (χ3v) is 4.12. The minimum absolute atomic E-state index is 0.261. The molecular formula is C14H18N2O2. The topological polar surface area (TPSA) is 42.4 Å². The van der Waals surface area contributed by atoms with Gasteiger partial charge in [-0.2, -0.15) is 0 Å². The Morgan fingerprint density at radius 2 is 2.11 bits per heavy atom. The zero-order chi connectivity index (χ0) is 12.8. The van der Waals surface area contributed by atoms with Gasteiger partial charge in [-0.05, 0) is 19.9 Å². The third kappa shape index (κ3) is 1.63. The minimum Gasteiger partial charge on any atom is -0.449 e. The van der Waals surface area contributed by atoms with Gasteiger partial charge in [-0.1, -0.05) is 6.07 Å². The zero-order valence-electron chi connectivity index (χ0n) is 10.8. The van der Waals surface area contributed by atoms with Crippen LogP contribution in [0.5, 0.6) is 0 Å². The highest BCUT2D eigenvalue weighted by atomic mass is 16.6. The molecule has 1 aromatic heterocycles. The van der Waals surface area contributed by atoms with Gasteiger partial charge in [0.15, 0.2) is 5.69 Å². The van der Waals surface area contributed by atoms with E-state index < -0.39 is 5.60 Å². The fourth-order valence-corrected chi connectivity index (χ4v) is 2.99. The summed E-state index contributed by atoms with van der Waals surface area (Å²) in [5.41, 5.74) is 1.08. The van der Waals surface area contributed by atoms with Crippen LogP contribution in [0.2, 0.25) is 0 Å². The van der Waals surface area contributed by atoms with Crippen LogP contribution in [0.3, 0.4) is 0 Å². The Morgan fingerprint density at radius 1 is 1.39 bits per heavy atom. The molecule has 0 bridgehead atoms. The van der Waals surface area contributed by atoms with Gasteiger partial charge in [-0.3, -0.25) is 0 Å². The first-order chi connectivity index (χ1) is 8.62. The number of nitrogens with zero attached hydrogens (tertiary/aromatic N) is 2. The lowest BCUT2D eigenvalue weighted by molar-refractivity contribution is -0.0470. The molecule has 0 radical (unpaired) electrons. The molecule has 3 heterocycles. The Hall–Kier alpha value is -1.42. The van der Waals surface area contributed by atoms with Crippen LogP contribution < -0.4 is 0 Å². The predicted octanol–water partition coefficient (Wildman–Crippen LogP) is 1.95. The van der Waals surface area contributed by atoms with Gasteiger partial charge in [0, 0.05) is 43.7 Å². The molecule has 4 heteroatoms. The standard InChI is InChI=1S/C14H18N2O2/c1-10(2)16-8-5-14(6-9-16)11-4-3-7-15-12(11)13(17)18-14/h3-4,7,10H,5-6,8-9H2,1-2H3. The molecule has 0 saturated carbocycles. The van der Waals surface area contributed by atoms with Crippen LogP contribution in [0.25, 0.3) is 0 Å². The van der Waals surface area contributed by atoms with Crippen molar-refractivity contribution in [2.45, 2.75) is 38.3 Å². The van der Waals surface area contributed by atoms with Gasteiger partial charge in [-0.25, -0.2) is 9.78 Å². The molecule has 96 valence electrons. The molecule has 0 amide bonds. The van der Waals surface area contributed by atoms with E-state index >= 15 is 0 Å². The highest BCUT2D eigenvalue weighted by Gasteiger charge is 2.48. The maximum absolute atomic E-state index is 11.9. The van der Waals surface area contributed by atoms with Crippen molar-refractivity contribution < 1.29 is 9.53 Å². The van der Waals surface area contributed by atoms with E-state index in [0.29, 0.717) is 11.7 Å². The number of pyridine rings is 1. The maximum Gasteiger partial charge on any atom is 0.358 e. The second kappa shape index (κ2) is 4.05. The van der Waals surface area contributed by atoms with Crippen LogP contribution >= 0.6 is 0 Å². The number of carbonyl (C=O) groups is 1. The Labute approximate surface area is 107 Å². The van der Waals surface area contributed by atoms with Gasteiger partial charge in [0.25, 0.3) is 0 Å². The molecule has 18 heavy (non-hydrogen) atoms. The van der Waals surface area contributed by atoms with Gasteiger partial charge in [0.2, 0.25) is 0 Å². The van der Waals surface area contributed by atoms with Crippen LogP contribution in [-0.2, 0) is 10.3 Å². The van der Waals surface area contributed by atoms with Crippen LogP contribution in [0.1, 0.15) is 42.7 Å². The molecule has 1 spiro atoms. The van der Waals surface area contributed by atoms with Gasteiger partial charge < -0.3 is 9.64 Å². The first-order valence-corrected chi connectivity index (χ1v) is 6.55.